The second-order valence-electron chi connectivity index (χ2n) is 5.66. The van der Waals surface area contributed by atoms with Gasteiger partial charge in [0, 0.05) is 23.6 Å². The minimum atomic E-state index is -0.547. The quantitative estimate of drug-likeness (QED) is 0.604. The Hall–Kier alpha value is -3.15. The molecule has 1 heterocycles. The second kappa shape index (κ2) is 7.61. The molecule has 25 heavy (non-hydrogen) atoms. The number of anilines is 1. The van der Waals surface area contributed by atoms with Crippen molar-refractivity contribution in [2.75, 3.05) is 11.9 Å². The molecule has 0 fully saturated rings. The lowest BCUT2D eigenvalue weighted by atomic mass is 10.1. The summed E-state index contributed by atoms with van der Waals surface area (Å²) in [5.74, 6) is -1.47. The topological polar surface area (TPSA) is 74.0 Å². The minimum Gasteiger partial charge on any atom is -0.361 e. The summed E-state index contributed by atoms with van der Waals surface area (Å²) in [6.07, 6.45) is 2.23. The summed E-state index contributed by atoms with van der Waals surface area (Å²) in [5.41, 5.74) is 2.22. The van der Waals surface area contributed by atoms with E-state index >= 15 is 0 Å². The molecule has 2 aromatic carbocycles. The number of para-hydroxylation sites is 2. The van der Waals surface area contributed by atoms with Crippen LogP contribution < -0.4 is 10.6 Å². The Labute approximate surface area is 144 Å². The van der Waals surface area contributed by atoms with E-state index in [0.717, 1.165) is 16.5 Å². The predicted molar refractivity (Wildman–Crippen MR) is 94.7 cm³/mol. The van der Waals surface area contributed by atoms with E-state index in [0.29, 0.717) is 13.0 Å². The van der Waals surface area contributed by atoms with E-state index in [2.05, 4.69) is 15.6 Å². The van der Waals surface area contributed by atoms with Crippen molar-refractivity contribution in [3.05, 3.63) is 66.1 Å². The van der Waals surface area contributed by atoms with Crippen LogP contribution in [0.25, 0.3) is 10.9 Å². The monoisotopic (exact) mass is 339 g/mol. The van der Waals surface area contributed by atoms with Gasteiger partial charge in [-0.3, -0.25) is 9.59 Å². The number of nitrogens with one attached hydrogen (secondary N) is 3. The average molecular weight is 339 g/mol. The third-order valence-corrected chi connectivity index (χ3v) is 3.86. The molecule has 0 bridgehead atoms. The SMILES string of the molecule is O=C(CC(=O)Nc1ccccc1F)NCCc1c[nH]c2ccccc12. The maximum Gasteiger partial charge on any atom is 0.233 e. The molecule has 0 saturated heterocycles. The van der Waals surface area contributed by atoms with Crippen LogP contribution in [0.4, 0.5) is 10.1 Å². The lowest BCUT2D eigenvalue weighted by Gasteiger charge is -2.07. The number of carbonyl (C=O) groups excluding carboxylic acids is 2. The number of benzene rings is 2. The van der Waals surface area contributed by atoms with Crippen LogP contribution in [0, 0.1) is 5.82 Å². The largest absolute Gasteiger partial charge is 0.361 e. The van der Waals surface area contributed by atoms with Crippen molar-refractivity contribution in [3.8, 4) is 0 Å². The van der Waals surface area contributed by atoms with E-state index in [1.807, 2.05) is 30.5 Å². The van der Waals surface area contributed by atoms with Gasteiger partial charge in [-0.1, -0.05) is 30.3 Å². The van der Waals surface area contributed by atoms with Crippen LogP contribution in [0.2, 0.25) is 0 Å². The van der Waals surface area contributed by atoms with Gasteiger partial charge in [-0.2, -0.15) is 0 Å². The van der Waals surface area contributed by atoms with Gasteiger partial charge in [0.1, 0.15) is 12.2 Å². The van der Waals surface area contributed by atoms with Gasteiger partial charge in [-0.15, -0.1) is 0 Å². The summed E-state index contributed by atoms with van der Waals surface area (Å²) in [6.45, 7) is 0.424. The molecule has 0 aliphatic rings. The third-order valence-electron chi connectivity index (χ3n) is 3.86. The summed E-state index contributed by atoms with van der Waals surface area (Å²) >= 11 is 0. The Bertz CT molecular complexity index is 904. The number of fused-ring (bicyclic) bond motifs is 1. The van der Waals surface area contributed by atoms with Crippen molar-refractivity contribution in [2.45, 2.75) is 12.8 Å². The second-order valence-corrected chi connectivity index (χ2v) is 5.66. The van der Waals surface area contributed by atoms with E-state index in [1.54, 1.807) is 6.07 Å². The smallest absolute Gasteiger partial charge is 0.233 e. The summed E-state index contributed by atoms with van der Waals surface area (Å²) in [4.78, 5) is 26.8. The fourth-order valence-corrected chi connectivity index (χ4v) is 2.64. The van der Waals surface area contributed by atoms with E-state index in [1.165, 1.54) is 18.2 Å². The summed E-state index contributed by atoms with van der Waals surface area (Å²) < 4.78 is 13.5. The van der Waals surface area contributed by atoms with Crippen LogP contribution in [0.1, 0.15) is 12.0 Å². The Morgan fingerprint density at radius 2 is 1.76 bits per heavy atom. The highest BCUT2D eigenvalue weighted by molar-refractivity contribution is 6.03. The van der Waals surface area contributed by atoms with Crippen LogP contribution >= 0.6 is 0 Å². The van der Waals surface area contributed by atoms with E-state index in [4.69, 9.17) is 0 Å². The van der Waals surface area contributed by atoms with Gasteiger partial charge in [0.25, 0.3) is 0 Å². The van der Waals surface area contributed by atoms with Crippen LogP contribution in [-0.4, -0.2) is 23.3 Å². The fraction of sp³-hybridized carbons (Fsp3) is 0.158. The number of halogens is 1. The summed E-state index contributed by atoms with van der Waals surface area (Å²) in [5, 5.41) is 6.22. The van der Waals surface area contributed by atoms with E-state index in [-0.39, 0.29) is 12.1 Å². The van der Waals surface area contributed by atoms with Crippen LogP contribution in [0.5, 0.6) is 0 Å². The molecule has 0 spiro atoms. The Morgan fingerprint density at radius 1 is 1.00 bits per heavy atom. The van der Waals surface area contributed by atoms with Crippen molar-refractivity contribution < 1.29 is 14.0 Å². The van der Waals surface area contributed by atoms with Gasteiger partial charge in [-0.25, -0.2) is 4.39 Å². The molecule has 0 aliphatic carbocycles. The number of rotatable bonds is 6. The molecule has 0 unspecified atom stereocenters. The molecule has 0 saturated carbocycles. The van der Waals surface area contributed by atoms with E-state index < -0.39 is 17.6 Å². The molecule has 0 atom stereocenters. The van der Waals surface area contributed by atoms with Gasteiger partial charge in [-0.05, 0) is 30.2 Å². The maximum atomic E-state index is 13.5. The summed E-state index contributed by atoms with van der Waals surface area (Å²) in [7, 11) is 0. The number of H-pyrrole nitrogens is 1. The molecule has 1 aromatic heterocycles. The van der Waals surface area contributed by atoms with E-state index in [9.17, 15) is 14.0 Å². The molecule has 3 rings (SSSR count). The molecular formula is C19H18FN3O2. The zero-order chi connectivity index (χ0) is 17.6. The molecule has 6 heteroatoms. The lowest BCUT2D eigenvalue weighted by Crippen LogP contribution is -2.29. The number of hydrogen-bond donors (Lipinski definition) is 3. The number of hydrogen-bond acceptors (Lipinski definition) is 2. The van der Waals surface area contributed by atoms with Crippen LogP contribution in [0.3, 0.4) is 0 Å². The predicted octanol–water partition coefficient (Wildman–Crippen LogP) is 2.99. The third kappa shape index (κ3) is 4.23. The van der Waals surface area contributed by atoms with Crippen LogP contribution in [-0.2, 0) is 16.0 Å². The normalized spacial score (nSPS) is 10.6. The number of aromatic amines is 1. The molecule has 128 valence electrons. The number of aromatic nitrogens is 1. The van der Waals surface area contributed by atoms with Crippen molar-refractivity contribution in [3.63, 3.8) is 0 Å². The molecule has 3 N–H and O–H groups in total. The first-order chi connectivity index (χ1) is 12.1. The van der Waals surface area contributed by atoms with Crippen molar-refractivity contribution in [1.82, 2.24) is 10.3 Å². The van der Waals surface area contributed by atoms with Crippen molar-refractivity contribution >= 4 is 28.4 Å². The minimum absolute atomic E-state index is 0.0686. The highest BCUT2D eigenvalue weighted by Gasteiger charge is 2.11. The highest BCUT2D eigenvalue weighted by atomic mass is 19.1. The van der Waals surface area contributed by atoms with Gasteiger partial charge in [0.2, 0.25) is 11.8 Å². The van der Waals surface area contributed by atoms with Gasteiger partial charge in [0.05, 0.1) is 5.69 Å². The highest BCUT2D eigenvalue weighted by Crippen LogP contribution is 2.17. The first-order valence-corrected chi connectivity index (χ1v) is 7.99. The number of carbonyl (C=O) groups is 2. The average Bonchev–Trinajstić information content (AvgIpc) is 3.00. The van der Waals surface area contributed by atoms with Crippen molar-refractivity contribution in [1.29, 1.82) is 0 Å². The Morgan fingerprint density at radius 3 is 2.60 bits per heavy atom. The molecule has 0 aliphatic heterocycles. The maximum absolute atomic E-state index is 13.5. The molecule has 2 amide bonds. The Kier molecular flexibility index (Phi) is 5.09. The lowest BCUT2D eigenvalue weighted by molar-refractivity contribution is -0.126. The fourth-order valence-electron chi connectivity index (χ4n) is 2.64. The van der Waals surface area contributed by atoms with Crippen LogP contribution in [0.15, 0.2) is 54.7 Å². The Balaban J connectivity index is 1.46. The summed E-state index contributed by atoms with van der Waals surface area (Å²) in [6, 6.07) is 13.8. The molecule has 0 radical (unpaired) electrons. The molecule has 3 aromatic rings. The van der Waals surface area contributed by atoms with Crippen molar-refractivity contribution in [2.24, 2.45) is 0 Å². The zero-order valence-corrected chi connectivity index (χ0v) is 13.5. The first kappa shape index (κ1) is 16.7. The number of amides is 2. The van der Waals surface area contributed by atoms with Gasteiger partial charge in [0.15, 0.2) is 0 Å². The molecular weight excluding hydrogens is 321 g/mol. The zero-order valence-electron chi connectivity index (χ0n) is 13.5. The first-order valence-electron chi connectivity index (χ1n) is 7.99. The van der Waals surface area contributed by atoms with Gasteiger partial charge >= 0.3 is 0 Å². The standard InChI is InChI=1S/C19H18FN3O2/c20-15-6-2-4-8-17(15)23-19(25)11-18(24)21-10-9-13-12-22-16-7-3-1-5-14(13)16/h1-8,12,22H,9-11H2,(H,21,24)(H,23,25). The molecule has 5 nitrogen and oxygen atoms in total. The van der Waals surface area contributed by atoms with Gasteiger partial charge < -0.3 is 15.6 Å².